The van der Waals surface area contributed by atoms with Gasteiger partial charge in [-0.05, 0) is 27.8 Å². The predicted molar refractivity (Wildman–Crippen MR) is 154 cm³/mol. The number of carbonyl (C=O) groups is 1. The Morgan fingerprint density at radius 1 is 1.02 bits per heavy atom. The van der Waals surface area contributed by atoms with Crippen molar-refractivity contribution in [1.29, 1.82) is 0 Å². The summed E-state index contributed by atoms with van der Waals surface area (Å²) in [7, 11) is 1.89. The Labute approximate surface area is 249 Å². The average Bonchev–Trinajstić information content (AvgIpc) is 2.95. The molecule has 15 heteroatoms. The van der Waals surface area contributed by atoms with Crippen LogP contribution in [0.15, 0.2) is 35.5 Å². The Morgan fingerprint density at radius 3 is 2.30 bits per heavy atom. The second kappa shape index (κ2) is 12.1. The molecule has 2 aliphatic rings. The number of hydrogen-bond donors (Lipinski definition) is 2. The first-order valence-electron chi connectivity index (χ1n) is 14.0. The topological polar surface area (TPSA) is 107 Å². The lowest BCUT2D eigenvalue weighted by Gasteiger charge is -2.39. The number of nitrogens with one attached hydrogen (secondary N) is 2. The molecule has 0 radical (unpaired) electrons. The number of aromatic amines is 1. The maximum Gasteiger partial charge on any atom is 0.417 e. The first-order valence-corrected chi connectivity index (χ1v) is 14.0. The van der Waals surface area contributed by atoms with Gasteiger partial charge in [-0.25, -0.2) is 18.7 Å². The number of anilines is 3. The van der Waals surface area contributed by atoms with E-state index in [1.165, 1.54) is 12.4 Å². The molecule has 0 bridgehead atoms. The van der Waals surface area contributed by atoms with Crippen molar-refractivity contribution in [2.45, 2.75) is 45.2 Å². The van der Waals surface area contributed by atoms with Crippen molar-refractivity contribution in [1.82, 2.24) is 19.9 Å². The van der Waals surface area contributed by atoms with Crippen LogP contribution in [0.1, 0.15) is 36.7 Å². The molecule has 2 fully saturated rings. The third-order valence-electron chi connectivity index (χ3n) is 7.84. The number of nitrogens with zero attached hydrogens (tertiary/aromatic N) is 5. The van der Waals surface area contributed by atoms with Gasteiger partial charge in [-0.15, -0.1) is 0 Å². The largest absolute Gasteiger partial charge is 0.417 e. The van der Waals surface area contributed by atoms with Crippen molar-refractivity contribution in [3.05, 3.63) is 63.8 Å². The number of aromatic nitrogens is 3. The number of halogens is 5. The number of likely N-dealkylation sites (N-methyl/N-ethyl adjacent to an activating group) is 1. The second-order valence-electron chi connectivity index (χ2n) is 11.2. The lowest BCUT2D eigenvalue weighted by Crippen LogP contribution is -2.50. The number of carbonyl (C=O) groups excluding carboxylic acids is 1. The van der Waals surface area contributed by atoms with Crippen LogP contribution in [-0.4, -0.2) is 83.8 Å². The Balaban J connectivity index is 1.57. The molecular formula is C29H32F5N7O3. The lowest BCUT2D eigenvalue weighted by atomic mass is 10.0. The summed E-state index contributed by atoms with van der Waals surface area (Å²) >= 11 is 0. The third-order valence-corrected chi connectivity index (χ3v) is 7.84. The lowest BCUT2D eigenvalue weighted by molar-refractivity contribution is -0.138. The number of amides is 1. The van der Waals surface area contributed by atoms with E-state index >= 15 is 8.78 Å². The fraction of sp³-hybridized carbons (Fsp3) is 0.448. The van der Waals surface area contributed by atoms with Crippen molar-refractivity contribution in [3.8, 4) is 11.1 Å². The number of hydrogen-bond acceptors (Lipinski definition) is 8. The molecule has 0 spiro atoms. The first-order chi connectivity index (χ1) is 20.7. The summed E-state index contributed by atoms with van der Waals surface area (Å²) in [6, 6.07) is 1.27. The van der Waals surface area contributed by atoms with E-state index < -0.39 is 51.7 Å². The summed E-state index contributed by atoms with van der Waals surface area (Å²) in [5.74, 6) is -3.17. The maximum absolute atomic E-state index is 16.4. The smallest absolute Gasteiger partial charge is 0.372 e. The van der Waals surface area contributed by atoms with Gasteiger partial charge in [0.05, 0.1) is 34.6 Å². The minimum atomic E-state index is -5.04. The average molecular weight is 622 g/mol. The highest BCUT2D eigenvalue weighted by atomic mass is 19.4. The van der Waals surface area contributed by atoms with Crippen LogP contribution in [0, 0.1) is 11.6 Å². The van der Waals surface area contributed by atoms with Gasteiger partial charge in [0.1, 0.15) is 11.5 Å². The summed E-state index contributed by atoms with van der Waals surface area (Å²) < 4.78 is 79.0. The standard InChI is InChI=1S/C29H32F5N7O3/c1-15-12-40(6-5-39(15)4)22-8-21(30)24(18-9-36-28(37-10-18)41-13-16(2)44-17(3)14-41)25(31)26(22)38-27(43)19-11-35-23(42)7-20(19)29(32,33)34/h7-11,15-17H,5-6,12-14H2,1-4H3,(H,35,42)(H,38,43)/t15?,16-,17-/m1/s1. The second-order valence-corrected chi connectivity index (χ2v) is 11.2. The molecule has 3 aromatic rings. The number of benzene rings is 1. The summed E-state index contributed by atoms with van der Waals surface area (Å²) in [5.41, 5.74) is -4.63. The molecule has 2 aliphatic heterocycles. The molecule has 0 aliphatic carbocycles. The summed E-state index contributed by atoms with van der Waals surface area (Å²) in [6.07, 6.45) is -2.08. The van der Waals surface area contributed by atoms with Gasteiger partial charge in [-0.3, -0.25) is 9.59 Å². The summed E-state index contributed by atoms with van der Waals surface area (Å²) in [5, 5.41) is 2.24. The zero-order valence-corrected chi connectivity index (χ0v) is 24.5. The van der Waals surface area contributed by atoms with Crippen LogP contribution in [0.2, 0.25) is 0 Å². The molecule has 0 saturated carbocycles. The first kappa shape index (κ1) is 31.3. The number of morpholine rings is 1. The molecule has 2 aromatic heterocycles. The van der Waals surface area contributed by atoms with Gasteiger partial charge in [0.25, 0.3) is 5.91 Å². The molecule has 10 nitrogen and oxygen atoms in total. The number of alkyl halides is 3. The van der Waals surface area contributed by atoms with E-state index in [4.69, 9.17) is 4.74 Å². The fourth-order valence-corrected chi connectivity index (χ4v) is 5.54. The van der Waals surface area contributed by atoms with E-state index in [0.717, 1.165) is 6.07 Å². The molecule has 3 atom stereocenters. The van der Waals surface area contributed by atoms with E-state index in [1.54, 1.807) is 4.90 Å². The zero-order chi connectivity index (χ0) is 31.9. The molecule has 2 saturated heterocycles. The molecular weight excluding hydrogens is 589 g/mol. The normalized spacial score (nSPS) is 21.4. The Bertz CT molecular complexity index is 1590. The van der Waals surface area contributed by atoms with Crippen molar-refractivity contribution in [2.24, 2.45) is 0 Å². The Morgan fingerprint density at radius 2 is 1.68 bits per heavy atom. The minimum Gasteiger partial charge on any atom is -0.372 e. The Hall–Kier alpha value is -4.11. The molecule has 44 heavy (non-hydrogen) atoms. The summed E-state index contributed by atoms with van der Waals surface area (Å²) in [4.78, 5) is 41.1. The van der Waals surface area contributed by atoms with Gasteiger partial charge in [-0.1, -0.05) is 0 Å². The monoisotopic (exact) mass is 621 g/mol. The Kier molecular flexibility index (Phi) is 8.62. The van der Waals surface area contributed by atoms with Gasteiger partial charge in [0.15, 0.2) is 5.82 Å². The quantitative estimate of drug-likeness (QED) is 0.410. The van der Waals surface area contributed by atoms with Crippen molar-refractivity contribution < 1.29 is 31.5 Å². The third kappa shape index (κ3) is 6.38. The van der Waals surface area contributed by atoms with Gasteiger partial charge >= 0.3 is 6.18 Å². The van der Waals surface area contributed by atoms with Crippen molar-refractivity contribution in [3.63, 3.8) is 0 Å². The maximum atomic E-state index is 16.4. The highest BCUT2D eigenvalue weighted by Crippen LogP contribution is 2.39. The van der Waals surface area contributed by atoms with E-state index in [1.807, 2.05) is 37.6 Å². The van der Waals surface area contributed by atoms with E-state index in [9.17, 15) is 22.8 Å². The van der Waals surface area contributed by atoms with Crippen LogP contribution < -0.4 is 20.7 Å². The van der Waals surface area contributed by atoms with Crippen LogP contribution >= 0.6 is 0 Å². The van der Waals surface area contributed by atoms with Crippen LogP contribution in [0.3, 0.4) is 0 Å². The predicted octanol–water partition coefficient (Wildman–Crippen LogP) is 4.14. The van der Waals surface area contributed by atoms with Gasteiger partial charge in [0.2, 0.25) is 11.5 Å². The molecule has 1 unspecified atom stereocenters. The van der Waals surface area contributed by atoms with Crippen LogP contribution in [0.4, 0.5) is 39.3 Å². The SMILES string of the molecule is CC1CN(c2cc(F)c(-c3cnc(N4C[C@@H](C)O[C@H](C)C4)nc3)c(F)c2NC(=O)c2c[nH]c(=O)cc2C(F)(F)F)CCN1C. The molecule has 236 valence electrons. The molecule has 5 rings (SSSR count). The number of rotatable bonds is 5. The van der Waals surface area contributed by atoms with E-state index in [-0.39, 0.29) is 35.6 Å². The molecule has 4 heterocycles. The van der Waals surface area contributed by atoms with Gasteiger partial charge in [-0.2, -0.15) is 13.2 Å². The molecule has 2 N–H and O–H groups in total. The number of H-pyrrole nitrogens is 1. The van der Waals surface area contributed by atoms with Crippen LogP contribution in [0.5, 0.6) is 0 Å². The number of pyridine rings is 1. The minimum absolute atomic E-state index is 0.0271. The molecule has 1 aromatic carbocycles. The zero-order valence-electron chi connectivity index (χ0n) is 24.5. The summed E-state index contributed by atoms with van der Waals surface area (Å²) in [6.45, 7) is 7.97. The fourth-order valence-electron chi connectivity index (χ4n) is 5.54. The highest BCUT2D eigenvalue weighted by Gasteiger charge is 2.37. The van der Waals surface area contributed by atoms with E-state index in [0.29, 0.717) is 44.9 Å². The van der Waals surface area contributed by atoms with E-state index in [2.05, 4.69) is 20.3 Å². The van der Waals surface area contributed by atoms with Gasteiger partial charge in [0, 0.05) is 75.1 Å². The van der Waals surface area contributed by atoms with Crippen molar-refractivity contribution >= 4 is 23.2 Å². The van der Waals surface area contributed by atoms with Crippen molar-refractivity contribution in [2.75, 3.05) is 54.9 Å². The van der Waals surface area contributed by atoms with Crippen LogP contribution in [-0.2, 0) is 10.9 Å². The highest BCUT2D eigenvalue weighted by molar-refractivity contribution is 6.07. The number of ether oxygens (including phenoxy) is 1. The van der Waals surface area contributed by atoms with Gasteiger partial charge < -0.3 is 29.7 Å². The van der Waals surface area contributed by atoms with Crippen LogP contribution in [0.25, 0.3) is 11.1 Å². The molecule has 1 amide bonds. The number of piperazine rings is 1.